The van der Waals surface area contributed by atoms with Crippen LogP contribution in [0.1, 0.15) is 37.6 Å². The van der Waals surface area contributed by atoms with Crippen molar-refractivity contribution in [3.63, 3.8) is 0 Å². The second-order valence-electron chi connectivity index (χ2n) is 7.99. The van der Waals surface area contributed by atoms with E-state index in [4.69, 9.17) is 32.5 Å². The first-order valence-corrected chi connectivity index (χ1v) is 10.6. The van der Waals surface area contributed by atoms with Gasteiger partial charge in [-0.1, -0.05) is 37.0 Å². The Morgan fingerprint density at radius 1 is 1.26 bits per heavy atom. The van der Waals surface area contributed by atoms with Crippen LogP contribution < -0.4 is 10.6 Å². The Hall–Kier alpha value is -2.30. The number of rotatable bonds is 7. The number of carbonyl (C=O) groups excluding carboxylic acids is 4. The van der Waals surface area contributed by atoms with Gasteiger partial charge in [-0.25, -0.2) is 9.59 Å². The lowest BCUT2D eigenvalue weighted by molar-refractivity contribution is -0.146. The molecule has 2 N–H and O–H groups in total. The lowest BCUT2D eigenvalue weighted by Crippen LogP contribution is -2.63. The molecule has 168 valence electrons. The molecule has 3 atom stereocenters. The zero-order valence-corrected chi connectivity index (χ0v) is 18.8. The molecular weight excluding hydrogens is 450 g/mol. The molecule has 2 aliphatic heterocycles. The van der Waals surface area contributed by atoms with Crippen LogP contribution in [-0.4, -0.2) is 55.7 Å². The van der Waals surface area contributed by atoms with E-state index in [0.717, 1.165) is 0 Å². The van der Waals surface area contributed by atoms with Gasteiger partial charge in [-0.3, -0.25) is 9.59 Å². The molecule has 2 amide bonds. The predicted octanol–water partition coefficient (Wildman–Crippen LogP) is 1.79. The maximum atomic E-state index is 12.6. The first-order valence-electron chi connectivity index (χ1n) is 9.84. The van der Waals surface area contributed by atoms with Gasteiger partial charge in [0, 0.05) is 11.9 Å². The van der Waals surface area contributed by atoms with E-state index in [0.29, 0.717) is 11.4 Å². The van der Waals surface area contributed by atoms with Gasteiger partial charge in [-0.15, -0.1) is 0 Å². The largest absolute Gasteiger partial charge is 0.706 e. The molecule has 2 saturated heterocycles. The third-order valence-electron chi connectivity index (χ3n) is 5.22. The highest BCUT2D eigenvalue weighted by atomic mass is 35.5. The topological polar surface area (TPSA) is 114 Å². The summed E-state index contributed by atoms with van der Waals surface area (Å²) in [6.07, 6.45) is -0.376. The van der Waals surface area contributed by atoms with Gasteiger partial charge in [0.25, 0.3) is 5.91 Å². The normalized spacial score (nSPS) is 23.9. The molecule has 0 bridgehead atoms. The highest BCUT2D eigenvalue weighted by Gasteiger charge is 2.69. The summed E-state index contributed by atoms with van der Waals surface area (Å²) in [6.45, 7) is 2.26. The Balaban J connectivity index is 1.72. The van der Waals surface area contributed by atoms with Gasteiger partial charge in [-0.2, -0.15) is 0 Å². The maximum absolute atomic E-state index is 12.6. The molecule has 1 aromatic carbocycles. The molecule has 2 heterocycles. The average molecular weight is 473 g/mol. The van der Waals surface area contributed by atoms with Crippen LogP contribution in [0.5, 0.6) is 0 Å². The fourth-order valence-electron chi connectivity index (χ4n) is 3.80. The second-order valence-corrected chi connectivity index (χ2v) is 8.83. The molecule has 1 unspecified atom stereocenters. The van der Waals surface area contributed by atoms with Crippen LogP contribution in [0.25, 0.3) is 0 Å². The van der Waals surface area contributed by atoms with E-state index in [2.05, 4.69) is 14.9 Å². The molecule has 0 aliphatic carbocycles. The Labute approximate surface area is 189 Å². The summed E-state index contributed by atoms with van der Waals surface area (Å²) in [5, 5.41) is 5.74. The van der Waals surface area contributed by atoms with Crippen molar-refractivity contribution in [2.45, 2.75) is 39.2 Å². The summed E-state index contributed by atoms with van der Waals surface area (Å²) in [5.74, 6) is -2.95. The highest BCUT2D eigenvalue weighted by molar-refractivity contribution is 6.69. The minimum Gasteiger partial charge on any atom is -0.579 e. The van der Waals surface area contributed by atoms with Crippen molar-refractivity contribution < 1.29 is 32.8 Å². The summed E-state index contributed by atoms with van der Waals surface area (Å²) in [7, 11) is 0. The zero-order chi connectivity index (χ0) is 22.9. The number of benzene rings is 1. The first-order chi connectivity index (χ1) is 14.5. The molecule has 0 aromatic heterocycles. The minimum absolute atomic E-state index is 0.0813. The predicted molar refractivity (Wildman–Crippen MR) is 114 cm³/mol. The van der Waals surface area contributed by atoms with Crippen LogP contribution in [0.15, 0.2) is 18.2 Å². The van der Waals surface area contributed by atoms with Gasteiger partial charge in [0.15, 0.2) is 6.61 Å². The Morgan fingerprint density at radius 3 is 2.65 bits per heavy atom. The van der Waals surface area contributed by atoms with E-state index in [-0.39, 0.29) is 29.7 Å². The molecule has 9 nitrogen and oxygen atoms in total. The summed E-state index contributed by atoms with van der Waals surface area (Å²) < 4.78 is 13.5. The average Bonchev–Trinajstić information content (AvgIpc) is 3.13. The smallest absolute Gasteiger partial charge is 0.579 e. The van der Waals surface area contributed by atoms with Crippen LogP contribution in [0, 0.1) is 5.92 Å². The Bertz CT molecular complexity index is 929. The van der Waals surface area contributed by atoms with Gasteiger partial charge in [0.1, 0.15) is 0 Å². The van der Waals surface area contributed by atoms with Crippen molar-refractivity contribution in [2.24, 2.45) is 5.92 Å². The van der Waals surface area contributed by atoms with E-state index in [1.54, 1.807) is 13.0 Å². The van der Waals surface area contributed by atoms with Crippen molar-refractivity contribution >= 4 is 53.7 Å². The monoisotopic (exact) mass is 472 g/mol. The third-order valence-corrected chi connectivity index (χ3v) is 5.78. The number of carbonyl (C=O) groups is 4. The van der Waals surface area contributed by atoms with E-state index in [1.165, 1.54) is 12.1 Å². The molecule has 3 rings (SSSR count). The molecule has 1 aromatic rings. The summed E-state index contributed by atoms with van der Waals surface area (Å²) in [6, 6.07) is 4.42. The number of hydrogen-bond donors (Lipinski definition) is 2. The van der Waals surface area contributed by atoms with Gasteiger partial charge in [0.2, 0.25) is 12.0 Å². The fourth-order valence-corrected chi connectivity index (χ4v) is 4.18. The van der Waals surface area contributed by atoms with Gasteiger partial charge in [-0.05, 0) is 30.5 Å². The molecule has 12 heteroatoms. The Morgan fingerprint density at radius 2 is 1.97 bits per heavy atom. The molecular formula is C19H23BCl2N2O7. The summed E-state index contributed by atoms with van der Waals surface area (Å²) in [4.78, 5) is 49.1. The van der Waals surface area contributed by atoms with E-state index in [1.807, 2.05) is 13.8 Å². The van der Waals surface area contributed by atoms with Crippen molar-refractivity contribution in [1.29, 1.82) is 0 Å². The van der Waals surface area contributed by atoms with Crippen molar-refractivity contribution in [3.05, 3.63) is 33.8 Å². The summed E-state index contributed by atoms with van der Waals surface area (Å²) in [5.41, 5.74) is 0.133. The molecule has 2 aliphatic rings. The SMILES string of the molecule is CC(C)C[C@H](NC(=O)CNC(=O)c1cc(Cl)ccc1Cl)[B-]12OC(=O)C[O+]1[C@H](C)C(=O)O2. The van der Waals surface area contributed by atoms with E-state index in [9.17, 15) is 19.2 Å². The van der Waals surface area contributed by atoms with Crippen LogP contribution in [0.4, 0.5) is 0 Å². The van der Waals surface area contributed by atoms with Gasteiger partial charge < -0.3 is 24.2 Å². The van der Waals surface area contributed by atoms with Crippen LogP contribution in [-0.2, 0) is 28.0 Å². The highest BCUT2D eigenvalue weighted by Crippen LogP contribution is 2.39. The summed E-state index contributed by atoms with van der Waals surface area (Å²) >= 11 is 11.9. The molecule has 2 fully saturated rings. The standard InChI is InChI=1S/C19H23BCl2N2O7/c1-10(2)6-15(20-29-17(26)9-31(20)11(3)19(28)30-20)24-16(25)8-23-18(27)13-7-12(21)4-5-14(13)22/h4-5,7,10-11,15H,6,8-9H2,1-3H3,(H,23,27)(H,24,25)/t11-,15+,20?/m1/s1. The number of fused-ring (bicyclic) bond motifs is 1. The number of hydrogen-bond acceptors (Lipinski definition) is 6. The van der Waals surface area contributed by atoms with E-state index >= 15 is 0 Å². The van der Waals surface area contributed by atoms with Crippen molar-refractivity contribution in [1.82, 2.24) is 10.6 Å². The van der Waals surface area contributed by atoms with E-state index < -0.39 is 42.6 Å². The molecule has 0 spiro atoms. The van der Waals surface area contributed by atoms with Crippen LogP contribution in [0.3, 0.4) is 0 Å². The second kappa shape index (κ2) is 9.06. The quantitative estimate of drug-likeness (QED) is 0.462. The molecule has 31 heavy (non-hydrogen) atoms. The minimum atomic E-state index is -2.61. The third kappa shape index (κ3) is 4.81. The maximum Gasteiger partial charge on any atom is 0.706 e. The van der Waals surface area contributed by atoms with Crippen LogP contribution in [0.2, 0.25) is 10.0 Å². The van der Waals surface area contributed by atoms with Crippen LogP contribution >= 0.6 is 23.2 Å². The molecule has 0 radical (unpaired) electrons. The number of amides is 2. The van der Waals surface area contributed by atoms with Crippen molar-refractivity contribution in [2.75, 3.05) is 13.2 Å². The lowest BCUT2D eigenvalue weighted by atomic mass is 9.65. The zero-order valence-electron chi connectivity index (χ0n) is 17.3. The number of nitrogens with one attached hydrogen (secondary N) is 2. The first kappa shape index (κ1) is 23.4. The van der Waals surface area contributed by atoms with Gasteiger partial charge >= 0.3 is 18.7 Å². The van der Waals surface area contributed by atoms with Gasteiger partial charge in [0.05, 0.1) is 23.1 Å². The Kier molecular flexibility index (Phi) is 6.83. The number of halogens is 2. The fraction of sp³-hybridized carbons (Fsp3) is 0.474. The van der Waals surface area contributed by atoms with Crippen molar-refractivity contribution in [3.8, 4) is 0 Å². The lowest BCUT2D eigenvalue weighted by Gasteiger charge is -2.37. The molecule has 0 saturated carbocycles.